The van der Waals surface area contributed by atoms with Crippen LogP contribution in [0, 0.1) is 0 Å². The third-order valence-electron chi connectivity index (χ3n) is 4.30. The van der Waals surface area contributed by atoms with Gasteiger partial charge >= 0.3 is 0 Å². The molecule has 1 atom stereocenters. The molecule has 1 aromatic carbocycles. The zero-order valence-electron chi connectivity index (χ0n) is 12.7. The summed E-state index contributed by atoms with van der Waals surface area (Å²) in [6.45, 7) is 0. The van der Waals surface area contributed by atoms with E-state index in [1.54, 1.807) is 19.6 Å². The molecule has 0 unspecified atom stereocenters. The molecule has 23 heavy (non-hydrogen) atoms. The Morgan fingerprint density at radius 1 is 1.22 bits per heavy atom. The van der Waals surface area contributed by atoms with E-state index in [1.165, 1.54) is 0 Å². The van der Waals surface area contributed by atoms with Gasteiger partial charge in [0.15, 0.2) is 5.78 Å². The maximum atomic E-state index is 12.4. The lowest BCUT2D eigenvalue weighted by Gasteiger charge is -2.20. The Bertz CT molecular complexity index is 832. The van der Waals surface area contributed by atoms with E-state index in [0.29, 0.717) is 12.0 Å². The lowest BCUT2D eigenvalue weighted by Crippen LogP contribution is -2.19. The number of hydrogen-bond donors (Lipinski definition) is 0. The van der Waals surface area contributed by atoms with Crippen LogP contribution < -0.4 is 4.74 Å². The summed E-state index contributed by atoms with van der Waals surface area (Å²) < 4.78 is 12.5. The number of benzene rings is 1. The number of aromatic nitrogens is 2. The van der Waals surface area contributed by atoms with E-state index >= 15 is 0 Å². The monoisotopic (exact) mass is 308 g/mol. The van der Waals surface area contributed by atoms with Gasteiger partial charge in [0.25, 0.3) is 0 Å². The number of ether oxygens (including phenoxy) is 1. The van der Waals surface area contributed by atoms with Crippen LogP contribution in [0.3, 0.4) is 0 Å². The molecule has 5 heteroatoms. The van der Waals surface area contributed by atoms with Gasteiger partial charge < -0.3 is 9.15 Å². The van der Waals surface area contributed by atoms with Gasteiger partial charge in [-0.15, -0.1) is 0 Å². The van der Waals surface area contributed by atoms with Crippen molar-refractivity contribution in [2.75, 3.05) is 7.11 Å². The van der Waals surface area contributed by atoms with Crippen molar-refractivity contribution >= 4 is 5.78 Å². The number of methoxy groups -OCH3 is 1. The molecule has 3 aromatic rings. The molecule has 0 radical (unpaired) electrons. The van der Waals surface area contributed by atoms with Crippen LogP contribution in [0.2, 0.25) is 0 Å². The van der Waals surface area contributed by atoms with Gasteiger partial charge in [0.1, 0.15) is 11.5 Å². The van der Waals surface area contributed by atoms with E-state index in [0.717, 1.165) is 29.3 Å². The molecule has 0 saturated heterocycles. The molecule has 0 fully saturated rings. The van der Waals surface area contributed by atoms with Crippen LogP contribution in [-0.2, 0) is 6.42 Å². The summed E-state index contributed by atoms with van der Waals surface area (Å²) in [7, 11) is 1.64. The SMILES string of the molecule is COc1ccc(-n2ncc3c2C[C@@H](c2ccco2)CC3=O)cc1. The number of rotatable bonds is 3. The second kappa shape index (κ2) is 5.43. The van der Waals surface area contributed by atoms with E-state index < -0.39 is 0 Å². The Morgan fingerprint density at radius 2 is 2.04 bits per heavy atom. The quantitative estimate of drug-likeness (QED) is 0.744. The molecule has 0 bridgehead atoms. The van der Waals surface area contributed by atoms with Gasteiger partial charge in [0.2, 0.25) is 0 Å². The zero-order valence-corrected chi connectivity index (χ0v) is 12.7. The first-order chi connectivity index (χ1) is 11.3. The largest absolute Gasteiger partial charge is 0.497 e. The molecule has 0 N–H and O–H groups in total. The smallest absolute Gasteiger partial charge is 0.167 e. The molecule has 1 aliphatic rings. The number of furan rings is 1. The normalized spacial score (nSPS) is 17.1. The highest BCUT2D eigenvalue weighted by atomic mass is 16.5. The summed E-state index contributed by atoms with van der Waals surface area (Å²) in [5, 5.41) is 4.41. The summed E-state index contributed by atoms with van der Waals surface area (Å²) in [5.74, 6) is 1.83. The first kappa shape index (κ1) is 13.8. The average Bonchev–Trinajstić information content (AvgIpc) is 3.24. The number of carbonyl (C=O) groups excluding carboxylic acids is 1. The van der Waals surface area contributed by atoms with Crippen molar-refractivity contribution in [3.05, 3.63) is 65.9 Å². The number of nitrogens with zero attached hydrogens (tertiary/aromatic N) is 2. The van der Waals surface area contributed by atoms with E-state index in [9.17, 15) is 4.79 Å². The maximum Gasteiger partial charge on any atom is 0.167 e. The molecule has 5 nitrogen and oxygen atoms in total. The third kappa shape index (κ3) is 2.34. The van der Waals surface area contributed by atoms with Gasteiger partial charge in [-0.2, -0.15) is 5.10 Å². The fourth-order valence-electron chi connectivity index (χ4n) is 3.11. The van der Waals surface area contributed by atoms with E-state index in [1.807, 2.05) is 41.1 Å². The molecule has 1 aliphatic carbocycles. The maximum absolute atomic E-state index is 12.4. The minimum atomic E-state index is 0.0682. The number of fused-ring (bicyclic) bond motifs is 1. The first-order valence-corrected chi connectivity index (χ1v) is 7.54. The van der Waals surface area contributed by atoms with Crippen molar-refractivity contribution in [3.8, 4) is 11.4 Å². The first-order valence-electron chi connectivity index (χ1n) is 7.54. The fraction of sp³-hybridized carbons (Fsp3) is 0.222. The van der Waals surface area contributed by atoms with Gasteiger partial charge in [-0.3, -0.25) is 4.79 Å². The molecule has 116 valence electrons. The molecule has 0 amide bonds. The van der Waals surface area contributed by atoms with Crippen molar-refractivity contribution < 1.29 is 13.9 Å². The Hall–Kier alpha value is -2.82. The second-order valence-electron chi connectivity index (χ2n) is 5.66. The molecule has 4 rings (SSSR count). The Balaban J connectivity index is 1.73. The Kier molecular flexibility index (Phi) is 3.26. The second-order valence-corrected chi connectivity index (χ2v) is 5.66. The summed E-state index contributed by atoms with van der Waals surface area (Å²) in [5.41, 5.74) is 2.57. The summed E-state index contributed by atoms with van der Waals surface area (Å²) in [4.78, 5) is 12.4. The van der Waals surface area contributed by atoms with Gasteiger partial charge in [-0.05, 0) is 36.4 Å². The van der Waals surface area contributed by atoms with Crippen molar-refractivity contribution in [2.24, 2.45) is 0 Å². The number of Topliss-reactive ketones (excluding diaryl/α,β-unsaturated/α-hetero) is 1. The Morgan fingerprint density at radius 3 is 2.74 bits per heavy atom. The van der Waals surface area contributed by atoms with E-state index in [-0.39, 0.29) is 11.7 Å². The predicted octanol–water partition coefficient (Wildman–Crippen LogP) is 3.39. The summed E-state index contributed by atoms with van der Waals surface area (Å²) in [6, 6.07) is 11.4. The van der Waals surface area contributed by atoms with Crippen molar-refractivity contribution in [1.29, 1.82) is 0 Å². The zero-order chi connectivity index (χ0) is 15.8. The number of hydrogen-bond acceptors (Lipinski definition) is 4. The summed E-state index contributed by atoms with van der Waals surface area (Å²) in [6.07, 6.45) is 4.52. The van der Waals surface area contributed by atoms with Crippen LogP contribution in [0.5, 0.6) is 5.75 Å². The van der Waals surface area contributed by atoms with Crippen molar-refractivity contribution in [3.63, 3.8) is 0 Å². The molecule has 2 heterocycles. The van der Waals surface area contributed by atoms with Gasteiger partial charge in [-0.1, -0.05) is 0 Å². The van der Waals surface area contributed by atoms with Crippen LogP contribution in [0.25, 0.3) is 5.69 Å². The molecule has 0 aliphatic heterocycles. The third-order valence-corrected chi connectivity index (χ3v) is 4.30. The fourth-order valence-corrected chi connectivity index (χ4v) is 3.11. The van der Waals surface area contributed by atoms with Crippen LogP contribution in [0.4, 0.5) is 0 Å². The highest BCUT2D eigenvalue weighted by molar-refractivity contribution is 5.98. The van der Waals surface area contributed by atoms with Crippen LogP contribution in [-0.4, -0.2) is 22.7 Å². The molecule has 2 aromatic heterocycles. The van der Waals surface area contributed by atoms with Crippen LogP contribution in [0.1, 0.15) is 34.2 Å². The van der Waals surface area contributed by atoms with Crippen LogP contribution >= 0.6 is 0 Å². The van der Waals surface area contributed by atoms with Gasteiger partial charge in [0.05, 0.1) is 36.5 Å². The average molecular weight is 308 g/mol. The Labute approximate surface area is 133 Å². The number of ketones is 1. The molecular weight excluding hydrogens is 292 g/mol. The molecule has 0 spiro atoms. The molecular formula is C18H16N2O3. The van der Waals surface area contributed by atoms with E-state index in [4.69, 9.17) is 9.15 Å². The van der Waals surface area contributed by atoms with Crippen molar-refractivity contribution in [1.82, 2.24) is 9.78 Å². The van der Waals surface area contributed by atoms with Gasteiger partial charge in [-0.25, -0.2) is 4.68 Å². The van der Waals surface area contributed by atoms with Crippen molar-refractivity contribution in [2.45, 2.75) is 18.8 Å². The minimum Gasteiger partial charge on any atom is -0.497 e. The highest BCUT2D eigenvalue weighted by Crippen LogP contribution is 2.34. The standard InChI is InChI=1S/C18H16N2O3/c1-22-14-6-4-13(5-7-14)20-16-9-12(18-3-2-8-23-18)10-17(21)15(16)11-19-20/h2-8,11-12H,9-10H2,1H3/t12-/m1/s1. The lowest BCUT2D eigenvalue weighted by molar-refractivity contribution is 0.0959. The highest BCUT2D eigenvalue weighted by Gasteiger charge is 2.31. The lowest BCUT2D eigenvalue weighted by atomic mass is 9.85. The molecule has 0 saturated carbocycles. The predicted molar refractivity (Wildman–Crippen MR) is 84.2 cm³/mol. The van der Waals surface area contributed by atoms with Crippen LogP contribution in [0.15, 0.2) is 53.3 Å². The topological polar surface area (TPSA) is 57.3 Å². The summed E-state index contributed by atoms with van der Waals surface area (Å²) >= 11 is 0. The minimum absolute atomic E-state index is 0.0682. The van der Waals surface area contributed by atoms with Gasteiger partial charge in [0, 0.05) is 18.8 Å². The number of carbonyl (C=O) groups is 1. The van der Waals surface area contributed by atoms with E-state index in [2.05, 4.69) is 5.10 Å².